The zero-order chi connectivity index (χ0) is 24.9. The molecular weight excluding hydrogens is 470 g/mol. The molecule has 0 spiro atoms. The molecule has 9 heterocycles. The molecule has 0 fully saturated rings. The zero-order valence-electron chi connectivity index (χ0n) is 20.3. The fourth-order valence-electron chi connectivity index (χ4n) is 7.70. The van der Waals surface area contributed by atoms with E-state index in [2.05, 4.69) is 75.2 Å². The van der Waals surface area contributed by atoms with E-state index < -0.39 is 0 Å². The van der Waals surface area contributed by atoms with Crippen molar-refractivity contribution in [2.45, 2.75) is 19.4 Å². The fraction of sp³-hybridized carbons (Fsp3) is 0.0909. The van der Waals surface area contributed by atoms with Gasteiger partial charge in [0, 0.05) is 55.2 Å². The number of ether oxygens (including phenoxy) is 1. The summed E-state index contributed by atoms with van der Waals surface area (Å²) in [6.07, 6.45) is 16.1. The van der Waals surface area contributed by atoms with Crippen molar-refractivity contribution in [3.8, 4) is 12.8 Å². The third kappa shape index (κ3) is 1.83. The van der Waals surface area contributed by atoms with Crippen molar-refractivity contribution in [3.63, 3.8) is 0 Å². The third-order valence-electron chi connectivity index (χ3n) is 9.02. The molecule has 38 heavy (non-hydrogen) atoms. The van der Waals surface area contributed by atoms with E-state index in [0.29, 0.717) is 6.61 Å². The van der Waals surface area contributed by atoms with Gasteiger partial charge in [-0.25, -0.2) is 0 Å². The molecule has 2 aliphatic heterocycles. The number of furan rings is 1. The Bertz CT molecular complexity index is 2520. The number of rotatable bonds is 0. The Labute approximate surface area is 215 Å². The molecule has 0 amide bonds. The zero-order valence-corrected chi connectivity index (χ0v) is 20.3. The molecule has 1 aliphatic carbocycles. The lowest BCUT2D eigenvalue weighted by atomic mass is 9.90. The number of nitrogens with zero attached hydrogens (tertiary/aromatic N) is 2. The van der Waals surface area contributed by atoms with E-state index in [-0.39, 0.29) is 0 Å². The van der Waals surface area contributed by atoms with Gasteiger partial charge in [0.15, 0.2) is 5.58 Å². The second-order valence-corrected chi connectivity index (χ2v) is 10.6. The summed E-state index contributed by atoms with van der Waals surface area (Å²) >= 11 is 0. The highest BCUT2D eigenvalue weighted by molar-refractivity contribution is 6.33. The van der Waals surface area contributed by atoms with Gasteiger partial charge in [0.05, 0.1) is 51.5 Å². The highest BCUT2D eigenvalue weighted by Crippen LogP contribution is 2.48. The Morgan fingerprint density at radius 1 is 0.842 bits per heavy atom. The number of hydrogen-bond donors (Lipinski definition) is 1. The Morgan fingerprint density at radius 2 is 1.71 bits per heavy atom. The van der Waals surface area contributed by atoms with Gasteiger partial charge in [0.1, 0.15) is 6.61 Å². The highest BCUT2D eigenvalue weighted by Gasteiger charge is 2.32. The van der Waals surface area contributed by atoms with Crippen LogP contribution >= 0.6 is 0 Å². The lowest BCUT2D eigenvalue weighted by Gasteiger charge is -2.24. The third-order valence-corrected chi connectivity index (χ3v) is 9.02. The van der Waals surface area contributed by atoms with Crippen LogP contribution in [-0.4, -0.2) is 13.8 Å². The molecular formula is C33H19N3O2. The van der Waals surface area contributed by atoms with Crippen molar-refractivity contribution in [2.24, 2.45) is 0 Å². The molecule has 1 aromatic carbocycles. The van der Waals surface area contributed by atoms with Crippen LogP contribution in [0.4, 0.5) is 0 Å². The first-order valence-corrected chi connectivity index (χ1v) is 12.9. The van der Waals surface area contributed by atoms with Crippen LogP contribution in [0.2, 0.25) is 0 Å². The van der Waals surface area contributed by atoms with Gasteiger partial charge >= 0.3 is 0 Å². The Morgan fingerprint density at radius 3 is 2.66 bits per heavy atom. The quantitative estimate of drug-likeness (QED) is 0.148. The molecule has 8 aromatic rings. The van der Waals surface area contributed by atoms with Crippen LogP contribution in [0, 0.1) is 12.8 Å². The van der Waals surface area contributed by atoms with Crippen LogP contribution < -0.4 is 5.22 Å². The van der Waals surface area contributed by atoms with Crippen LogP contribution in [0.25, 0.3) is 77.3 Å². The summed E-state index contributed by atoms with van der Waals surface area (Å²) in [5, 5.41) is 7.68. The number of allylic oxidation sites excluding steroid dienone is 1. The number of pyridine rings is 3. The molecule has 0 atom stereocenters. The van der Waals surface area contributed by atoms with E-state index in [1.807, 2.05) is 12.5 Å². The van der Waals surface area contributed by atoms with Crippen LogP contribution in [0.3, 0.4) is 0 Å². The van der Waals surface area contributed by atoms with E-state index >= 15 is 0 Å². The number of hydrogen-bond acceptors (Lipinski definition) is 2. The summed E-state index contributed by atoms with van der Waals surface area (Å²) in [6.45, 7) is 0.550. The van der Waals surface area contributed by atoms with Gasteiger partial charge in [0.2, 0.25) is 0 Å². The topological polar surface area (TPSA) is 47.0 Å². The first-order valence-electron chi connectivity index (χ1n) is 12.9. The summed E-state index contributed by atoms with van der Waals surface area (Å²) in [5.41, 5.74) is 14.7. The summed E-state index contributed by atoms with van der Waals surface area (Å²) in [4.78, 5) is 3.94. The number of nitrogens with one attached hydrogen (secondary N) is 1. The van der Waals surface area contributed by atoms with E-state index in [1.54, 1.807) is 0 Å². The first kappa shape index (κ1) is 19.1. The van der Waals surface area contributed by atoms with Gasteiger partial charge in [-0.3, -0.25) is 0 Å². The van der Waals surface area contributed by atoms with Gasteiger partial charge in [-0.15, -0.1) is 12.8 Å². The Kier molecular flexibility index (Phi) is 3.05. The molecule has 0 saturated carbocycles. The Balaban J connectivity index is 0.000000984. The fourth-order valence-corrected chi connectivity index (χ4v) is 7.70. The number of fused-ring (bicyclic) bond motifs is 6. The van der Waals surface area contributed by atoms with Crippen LogP contribution in [-0.2, 0) is 24.2 Å². The molecule has 11 rings (SSSR count). The standard InChI is InChI=1S/C31H17N3O2.C2H2/c1-2-14-12-36-31-23-9-8-21-15-10-19-29-27-25-17(5-6-18(25)22-7-4-16(33(22)29)13-35-11-15)20(3-1)32-28(27)26(24(14)31)30(19)34(21)23;1-2/h1-4,6-9,11-12,32H,5,10,13H2;1-2H. The molecule has 178 valence electrons. The van der Waals surface area contributed by atoms with Crippen molar-refractivity contribution >= 4 is 77.3 Å². The lowest BCUT2D eigenvalue weighted by Crippen LogP contribution is -2.14. The van der Waals surface area contributed by atoms with Crippen molar-refractivity contribution in [3.05, 3.63) is 82.7 Å². The Hall–Kier alpha value is -5.08. The van der Waals surface area contributed by atoms with Gasteiger partial charge < -0.3 is 22.9 Å². The first-order chi connectivity index (χ1) is 18.9. The molecule has 5 heteroatoms. The monoisotopic (exact) mass is 489 g/mol. The van der Waals surface area contributed by atoms with Gasteiger partial charge in [0.25, 0.3) is 0 Å². The lowest BCUT2D eigenvalue weighted by molar-refractivity contribution is 0.233. The van der Waals surface area contributed by atoms with Crippen LogP contribution in [0.1, 0.15) is 22.5 Å². The largest absolute Gasteiger partial charge is 0.495 e. The van der Waals surface area contributed by atoms with E-state index in [1.165, 1.54) is 82.4 Å². The molecule has 7 aromatic heterocycles. The van der Waals surface area contributed by atoms with Crippen molar-refractivity contribution in [2.75, 3.05) is 0 Å². The van der Waals surface area contributed by atoms with Crippen molar-refractivity contribution in [1.82, 2.24) is 13.8 Å². The summed E-state index contributed by atoms with van der Waals surface area (Å²) in [5.74, 6) is 0. The van der Waals surface area contributed by atoms with E-state index in [4.69, 9.17) is 9.15 Å². The molecule has 0 unspecified atom stereocenters. The maximum atomic E-state index is 6.31. The molecule has 5 nitrogen and oxygen atoms in total. The molecule has 1 N–H and O–H groups in total. The smallest absolute Gasteiger partial charge is 0.159 e. The maximum absolute atomic E-state index is 6.31. The minimum absolute atomic E-state index is 0.550. The SMILES string of the molecule is C#C.C1=C2Cc3c4c5c6c(c7cccc8coc9c8c(c5[nH]7)c3n3c2ccc93)CC=c6c2ccc(n24)CO1. The minimum Gasteiger partial charge on any atom is -0.495 e. The van der Waals surface area contributed by atoms with Crippen molar-refractivity contribution < 1.29 is 9.15 Å². The number of H-pyrrole nitrogens is 1. The second-order valence-electron chi connectivity index (χ2n) is 10.6. The van der Waals surface area contributed by atoms with Crippen LogP contribution in [0.5, 0.6) is 0 Å². The van der Waals surface area contributed by atoms with Gasteiger partial charge in [-0.05, 0) is 42.3 Å². The van der Waals surface area contributed by atoms with Gasteiger partial charge in [-0.2, -0.15) is 0 Å². The second kappa shape index (κ2) is 6.07. The average molecular weight is 490 g/mol. The maximum Gasteiger partial charge on any atom is 0.159 e. The predicted octanol–water partition coefficient (Wildman–Crippen LogP) is 6.61. The number of aromatic nitrogens is 3. The number of terminal acetylenes is 1. The summed E-state index contributed by atoms with van der Waals surface area (Å²) in [7, 11) is 0. The molecule has 0 saturated heterocycles. The highest BCUT2D eigenvalue weighted by atomic mass is 16.5. The van der Waals surface area contributed by atoms with Crippen molar-refractivity contribution in [1.29, 1.82) is 0 Å². The van der Waals surface area contributed by atoms with Crippen LogP contribution in [0.15, 0.2) is 59.4 Å². The minimum atomic E-state index is 0.550. The average Bonchev–Trinajstić information content (AvgIpc) is 3.73. The normalized spacial score (nSPS) is 15.3. The number of aromatic amines is 1. The summed E-state index contributed by atoms with van der Waals surface area (Å²) in [6, 6.07) is 15.6. The number of benzene rings is 1. The van der Waals surface area contributed by atoms with Gasteiger partial charge in [-0.1, -0.05) is 18.2 Å². The molecule has 3 aliphatic rings. The van der Waals surface area contributed by atoms with E-state index in [0.717, 1.165) is 29.3 Å². The summed E-state index contributed by atoms with van der Waals surface area (Å²) < 4.78 is 17.5. The van der Waals surface area contributed by atoms with E-state index in [9.17, 15) is 0 Å². The molecule has 0 radical (unpaired) electrons. The predicted molar refractivity (Wildman–Crippen MR) is 152 cm³/mol. The molecule has 4 bridgehead atoms.